The minimum absolute atomic E-state index is 0.103. The molecule has 1 fully saturated rings. The molecule has 4 nitrogen and oxygen atoms in total. The number of rotatable bonds is 4. The fraction of sp³-hybridized carbons (Fsp3) is 0.538. The van der Waals surface area contributed by atoms with E-state index in [-0.39, 0.29) is 12.2 Å². The molecule has 1 aromatic rings. The lowest BCUT2D eigenvalue weighted by atomic mass is 10.2. The predicted octanol–water partition coefficient (Wildman–Crippen LogP) is 1.45. The van der Waals surface area contributed by atoms with E-state index in [0.717, 1.165) is 36.3 Å². The van der Waals surface area contributed by atoms with Gasteiger partial charge in [-0.2, -0.15) is 0 Å². The van der Waals surface area contributed by atoms with Crippen LogP contribution in [0.3, 0.4) is 0 Å². The summed E-state index contributed by atoms with van der Waals surface area (Å²) in [6, 6.07) is 5.57. The Morgan fingerprint density at radius 3 is 2.82 bits per heavy atom. The number of methoxy groups -OCH3 is 1. The molecule has 1 aliphatic carbocycles. The summed E-state index contributed by atoms with van der Waals surface area (Å²) < 4.78 is 11.0. The lowest BCUT2D eigenvalue weighted by Crippen LogP contribution is -2.26. The molecule has 17 heavy (non-hydrogen) atoms. The highest BCUT2D eigenvalue weighted by molar-refractivity contribution is 5.40. The highest BCUT2D eigenvalue weighted by atomic mass is 16.5. The van der Waals surface area contributed by atoms with Crippen molar-refractivity contribution in [2.24, 2.45) is 5.73 Å². The van der Waals surface area contributed by atoms with E-state index >= 15 is 0 Å². The van der Waals surface area contributed by atoms with Gasteiger partial charge in [-0.1, -0.05) is 0 Å². The molecule has 0 radical (unpaired) electrons. The summed E-state index contributed by atoms with van der Waals surface area (Å²) in [5.74, 6) is 1.52. The molecule has 0 saturated heterocycles. The van der Waals surface area contributed by atoms with Crippen LogP contribution in [0.25, 0.3) is 0 Å². The van der Waals surface area contributed by atoms with E-state index in [1.807, 2.05) is 18.2 Å². The zero-order valence-corrected chi connectivity index (χ0v) is 10.1. The van der Waals surface area contributed by atoms with Gasteiger partial charge in [-0.25, -0.2) is 0 Å². The maximum absolute atomic E-state index is 9.73. The molecule has 1 saturated carbocycles. The number of aliphatic hydroxyl groups is 1. The van der Waals surface area contributed by atoms with E-state index in [1.54, 1.807) is 7.11 Å². The van der Waals surface area contributed by atoms with Crippen molar-refractivity contribution in [1.82, 2.24) is 0 Å². The smallest absolute Gasteiger partial charge is 0.124 e. The van der Waals surface area contributed by atoms with Crippen LogP contribution >= 0.6 is 0 Å². The van der Waals surface area contributed by atoms with Crippen LogP contribution in [0.2, 0.25) is 0 Å². The fourth-order valence-corrected chi connectivity index (χ4v) is 2.16. The standard InChI is InChI=1S/C13H19NO3/c1-16-10-5-6-12(9(7-10)8-14)17-13-4-2-3-11(13)15/h5-7,11,13,15H,2-4,8,14H2,1H3. The Balaban J connectivity index is 2.14. The van der Waals surface area contributed by atoms with Crippen molar-refractivity contribution >= 4 is 0 Å². The van der Waals surface area contributed by atoms with Crippen LogP contribution in [0, 0.1) is 0 Å². The molecule has 0 heterocycles. The summed E-state index contributed by atoms with van der Waals surface area (Å²) in [5.41, 5.74) is 6.59. The van der Waals surface area contributed by atoms with Gasteiger partial charge in [-0.15, -0.1) is 0 Å². The Morgan fingerprint density at radius 2 is 2.24 bits per heavy atom. The Kier molecular flexibility index (Phi) is 3.86. The minimum atomic E-state index is -0.359. The SMILES string of the molecule is COc1ccc(OC2CCCC2O)c(CN)c1. The lowest BCUT2D eigenvalue weighted by Gasteiger charge is -2.19. The van der Waals surface area contributed by atoms with Crippen LogP contribution in [0.5, 0.6) is 11.5 Å². The van der Waals surface area contributed by atoms with Crippen LogP contribution in [-0.2, 0) is 6.54 Å². The summed E-state index contributed by atoms with van der Waals surface area (Å²) in [4.78, 5) is 0. The summed E-state index contributed by atoms with van der Waals surface area (Å²) in [6.07, 6.45) is 2.27. The molecule has 4 heteroatoms. The minimum Gasteiger partial charge on any atom is -0.497 e. The van der Waals surface area contributed by atoms with Gasteiger partial charge in [-0.3, -0.25) is 0 Å². The van der Waals surface area contributed by atoms with E-state index in [1.165, 1.54) is 0 Å². The average molecular weight is 237 g/mol. The summed E-state index contributed by atoms with van der Waals surface area (Å²) in [6.45, 7) is 0.398. The third kappa shape index (κ3) is 2.70. The number of benzene rings is 1. The van der Waals surface area contributed by atoms with Crippen LogP contribution < -0.4 is 15.2 Å². The highest BCUT2D eigenvalue weighted by Crippen LogP contribution is 2.29. The van der Waals surface area contributed by atoms with Crippen molar-refractivity contribution in [3.05, 3.63) is 23.8 Å². The van der Waals surface area contributed by atoms with Crippen LogP contribution in [0.1, 0.15) is 24.8 Å². The van der Waals surface area contributed by atoms with Gasteiger partial charge in [0.05, 0.1) is 13.2 Å². The van der Waals surface area contributed by atoms with Crippen LogP contribution in [-0.4, -0.2) is 24.4 Å². The molecule has 2 atom stereocenters. The lowest BCUT2D eigenvalue weighted by molar-refractivity contribution is 0.0597. The first-order valence-electron chi connectivity index (χ1n) is 5.96. The van der Waals surface area contributed by atoms with E-state index in [9.17, 15) is 5.11 Å². The van der Waals surface area contributed by atoms with E-state index < -0.39 is 0 Å². The summed E-state index contributed by atoms with van der Waals surface area (Å²) >= 11 is 0. The van der Waals surface area contributed by atoms with E-state index in [0.29, 0.717) is 6.54 Å². The van der Waals surface area contributed by atoms with Gasteiger partial charge in [0.1, 0.15) is 17.6 Å². The second kappa shape index (κ2) is 5.38. The van der Waals surface area contributed by atoms with E-state index in [4.69, 9.17) is 15.2 Å². The molecule has 94 valence electrons. The van der Waals surface area contributed by atoms with Crippen molar-refractivity contribution in [3.63, 3.8) is 0 Å². The van der Waals surface area contributed by atoms with Crippen molar-refractivity contribution < 1.29 is 14.6 Å². The van der Waals surface area contributed by atoms with Crippen molar-refractivity contribution in [2.45, 2.75) is 38.0 Å². The first-order chi connectivity index (χ1) is 8.24. The van der Waals surface area contributed by atoms with Crippen LogP contribution in [0.15, 0.2) is 18.2 Å². The molecular formula is C13H19NO3. The maximum Gasteiger partial charge on any atom is 0.124 e. The Morgan fingerprint density at radius 1 is 1.41 bits per heavy atom. The molecule has 1 aromatic carbocycles. The van der Waals surface area contributed by atoms with Crippen molar-refractivity contribution in [1.29, 1.82) is 0 Å². The quantitative estimate of drug-likeness (QED) is 0.831. The van der Waals surface area contributed by atoms with Crippen LogP contribution in [0.4, 0.5) is 0 Å². The van der Waals surface area contributed by atoms with Gasteiger partial charge in [0.15, 0.2) is 0 Å². The third-order valence-electron chi connectivity index (χ3n) is 3.18. The molecule has 0 aliphatic heterocycles. The van der Waals surface area contributed by atoms with Crippen molar-refractivity contribution in [3.8, 4) is 11.5 Å². The number of ether oxygens (including phenoxy) is 2. The van der Waals surface area contributed by atoms with Gasteiger partial charge in [-0.05, 0) is 37.5 Å². The molecule has 0 amide bonds. The molecule has 1 aliphatic rings. The molecular weight excluding hydrogens is 218 g/mol. The van der Waals surface area contributed by atoms with Crippen molar-refractivity contribution in [2.75, 3.05) is 7.11 Å². The Labute approximate surface area is 101 Å². The number of hydrogen-bond donors (Lipinski definition) is 2. The number of aliphatic hydroxyl groups excluding tert-OH is 1. The first kappa shape index (κ1) is 12.2. The van der Waals surface area contributed by atoms with E-state index in [2.05, 4.69) is 0 Å². The molecule has 3 N–H and O–H groups in total. The predicted molar refractivity (Wildman–Crippen MR) is 65.2 cm³/mol. The van der Waals surface area contributed by atoms with Gasteiger partial charge in [0.2, 0.25) is 0 Å². The Hall–Kier alpha value is -1.26. The molecule has 0 spiro atoms. The second-order valence-electron chi connectivity index (χ2n) is 4.33. The fourth-order valence-electron chi connectivity index (χ4n) is 2.16. The Bertz CT molecular complexity index is 381. The average Bonchev–Trinajstić information content (AvgIpc) is 2.75. The number of hydrogen-bond acceptors (Lipinski definition) is 4. The summed E-state index contributed by atoms with van der Waals surface area (Å²) in [5, 5.41) is 9.73. The number of nitrogens with two attached hydrogens (primary N) is 1. The molecule has 2 rings (SSSR count). The topological polar surface area (TPSA) is 64.7 Å². The van der Waals surface area contributed by atoms with Gasteiger partial charge >= 0.3 is 0 Å². The second-order valence-corrected chi connectivity index (χ2v) is 4.33. The third-order valence-corrected chi connectivity index (χ3v) is 3.18. The molecule has 2 unspecified atom stereocenters. The zero-order valence-electron chi connectivity index (χ0n) is 10.1. The van der Waals surface area contributed by atoms with Gasteiger partial charge < -0.3 is 20.3 Å². The van der Waals surface area contributed by atoms with Gasteiger partial charge in [0.25, 0.3) is 0 Å². The maximum atomic E-state index is 9.73. The molecule has 0 bridgehead atoms. The summed E-state index contributed by atoms with van der Waals surface area (Å²) in [7, 11) is 1.62. The normalized spacial score (nSPS) is 23.7. The van der Waals surface area contributed by atoms with Gasteiger partial charge in [0, 0.05) is 12.1 Å². The monoisotopic (exact) mass is 237 g/mol. The molecule has 0 aromatic heterocycles. The largest absolute Gasteiger partial charge is 0.497 e. The zero-order chi connectivity index (χ0) is 12.3. The highest BCUT2D eigenvalue weighted by Gasteiger charge is 2.27. The first-order valence-corrected chi connectivity index (χ1v) is 5.96.